The van der Waals surface area contributed by atoms with Crippen LogP contribution < -0.4 is 5.32 Å². The normalized spacial score (nSPS) is 11.2. The molecular formula is C20H23ClN4O. The van der Waals surface area contributed by atoms with Crippen LogP contribution in [-0.2, 0) is 17.2 Å². The number of hydrogen-bond acceptors (Lipinski definition) is 3. The van der Waals surface area contributed by atoms with E-state index in [1.807, 2.05) is 60.1 Å². The summed E-state index contributed by atoms with van der Waals surface area (Å²) in [4.78, 5) is 14.2. The number of fused-ring (bicyclic) bond motifs is 1. The molecule has 0 aliphatic rings. The molecule has 3 aromatic rings. The molecule has 0 saturated heterocycles. The minimum absolute atomic E-state index is 0.0273. The van der Waals surface area contributed by atoms with Crippen molar-refractivity contribution in [1.82, 2.24) is 14.7 Å². The lowest BCUT2D eigenvalue weighted by molar-refractivity contribution is -0.116. The fraction of sp³-hybridized carbons (Fsp3) is 0.300. The van der Waals surface area contributed by atoms with E-state index in [-0.39, 0.29) is 5.91 Å². The summed E-state index contributed by atoms with van der Waals surface area (Å²) in [6.07, 6.45) is 0.439. The number of anilines is 1. The Labute approximate surface area is 158 Å². The molecule has 26 heavy (non-hydrogen) atoms. The van der Waals surface area contributed by atoms with Crippen LogP contribution in [0.2, 0.25) is 0 Å². The van der Waals surface area contributed by atoms with Gasteiger partial charge in [-0.25, -0.2) is 0 Å². The SMILES string of the molecule is CN(C)CCC(=O)Nc1nn(Cc2ccc(CCl)cc2)c2ccccc12. The van der Waals surface area contributed by atoms with Crippen molar-refractivity contribution in [3.05, 3.63) is 59.7 Å². The fourth-order valence-corrected chi connectivity index (χ4v) is 2.94. The van der Waals surface area contributed by atoms with Gasteiger partial charge in [-0.15, -0.1) is 11.6 Å². The van der Waals surface area contributed by atoms with Gasteiger partial charge in [0.1, 0.15) is 0 Å². The molecule has 0 unspecified atom stereocenters. The zero-order valence-electron chi connectivity index (χ0n) is 15.1. The number of halogens is 1. The third kappa shape index (κ3) is 4.42. The molecule has 5 nitrogen and oxygen atoms in total. The van der Waals surface area contributed by atoms with Gasteiger partial charge in [-0.05, 0) is 37.4 Å². The van der Waals surface area contributed by atoms with Crippen molar-refractivity contribution in [2.24, 2.45) is 0 Å². The lowest BCUT2D eigenvalue weighted by Gasteiger charge is -2.08. The van der Waals surface area contributed by atoms with E-state index in [1.54, 1.807) is 0 Å². The summed E-state index contributed by atoms with van der Waals surface area (Å²) in [6.45, 7) is 1.34. The van der Waals surface area contributed by atoms with Crippen molar-refractivity contribution in [2.75, 3.05) is 26.0 Å². The molecule has 0 radical (unpaired) electrons. The van der Waals surface area contributed by atoms with Crippen molar-refractivity contribution < 1.29 is 4.79 Å². The molecule has 2 aromatic carbocycles. The number of alkyl halides is 1. The second-order valence-electron chi connectivity index (χ2n) is 6.57. The standard InChI is InChI=1S/C20H23ClN4O/c1-24(2)12-11-19(26)22-20-17-5-3-4-6-18(17)25(23-20)14-16-9-7-15(13-21)8-10-16/h3-10H,11-14H2,1-2H3,(H,22,23,26). The third-order valence-corrected chi connectivity index (χ3v) is 4.52. The maximum Gasteiger partial charge on any atom is 0.226 e. The minimum atomic E-state index is -0.0273. The van der Waals surface area contributed by atoms with Gasteiger partial charge in [0.05, 0.1) is 12.1 Å². The van der Waals surface area contributed by atoms with Crippen LogP contribution in [0.4, 0.5) is 5.82 Å². The summed E-state index contributed by atoms with van der Waals surface area (Å²) < 4.78 is 1.92. The van der Waals surface area contributed by atoms with Gasteiger partial charge in [0, 0.05) is 24.2 Å². The molecule has 136 valence electrons. The molecular weight excluding hydrogens is 348 g/mol. The maximum atomic E-state index is 12.2. The van der Waals surface area contributed by atoms with Crippen LogP contribution in [0, 0.1) is 0 Å². The van der Waals surface area contributed by atoms with Crippen molar-refractivity contribution >= 4 is 34.2 Å². The van der Waals surface area contributed by atoms with Gasteiger partial charge in [0.25, 0.3) is 0 Å². The largest absolute Gasteiger partial charge is 0.309 e. The van der Waals surface area contributed by atoms with E-state index in [1.165, 1.54) is 0 Å². The predicted octanol–water partition coefficient (Wildman–Crippen LogP) is 3.71. The quantitative estimate of drug-likeness (QED) is 0.645. The van der Waals surface area contributed by atoms with E-state index in [4.69, 9.17) is 11.6 Å². The van der Waals surface area contributed by atoms with E-state index in [0.717, 1.165) is 22.0 Å². The second-order valence-corrected chi connectivity index (χ2v) is 6.84. The van der Waals surface area contributed by atoms with Crippen LogP contribution in [0.5, 0.6) is 0 Å². The van der Waals surface area contributed by atoms with Gasteiger partial charge in [0.15, 0.2) is 5.82 Å². The van der Waals surface area contributed by atoms with Crippen molar-refractivity contribution in [1.29, 1.82) is 0 Å². The Morgan fingerprint density at radius 2 is 1.81 bits per heavy atom. The molecule has 0 aliphatic heterocycles. The van der Waals surface area contributed by atoms with Gasteiger partial charge in [-0.1, -0.05) is 36.4 Å². The summed E-state index contributed by atoms with van der Waals surface area (Å²) in [5.41, 5.74) is 3.23. The molecule has 0 saturated carbocycles. The summed E-state index contributed by atoms with van der Waals surface area (Å²) >= 11 is 5.85. The Kier molecular flexibility index (Phi) is 5.91. The number of rotatable bonds is 7. The molecule has 0 spiro atoms. The topological polar surface area (TPSA) is 50.2 Å². The monoisotopic (exact) mass is 370 g/mol. The van der Waals surface area contributed by atoms with E-state index >= 15 is 0 Å². The summed E-state index contributed by atoms with van der Waals surface area (Å²) in [5, 5.41) is 8.54. The van der Waals surface area contributed by atoms with Crippen LogP contribution in [-0.4, -0.2) is 41.2 Å². The van der Waals surface area contributed by atoms with Crippen molar-refractivity contribution in [3.63, 3.8) is 0 Å². The first-order valence-corrected chi connectivity index (χ1v) is 9.14. The van der Waals surface area contributed by atoms with Gasteiger partial charge in [0.2, 0.25) is 5.91 Å². The van der Waals surface area contributed by atoms with Crippen molar-refractivity contribution in [2.45, 2.75) is 18.8 Å². The number of aromatic nitrogens is 2. The smallest absolute Gasteiger partial charge is 0.226 e. The number of benzene rings is 2. The predicted molar refractivity (Wildman–Crippen MR) is 107 cm³/mol. The molecule has 1 aromatic heterocycles. The minimum Gasteiger partial charge on any atom is -0.309 e. The third-order valence-electron chi connectivity index (χ3n) is 4.21. The molecule has 0 aliphatic carbocycles. The lowest BCUT2D eigenvalue weighted by Crippen LogP contribution is -2.21. The average molecular weight is 371 g/mol. The zero-order valence-corrected chi connectivity index (χ0v) is 15.8. The zero-order chi connectivity index (χ0) is 18.5. The number of nitrogens with one attached hydrogen (secondary N) is 1. The Morgan fingerprint density at radius 3 is 2.50 bits per heavy atom. The Morgan fingerprint density at radius 1 is 1.12 bits per heavy atom. The summed E-state index contributed by atoms with van der Waals surface area (Å²) in [6, 6.07) is 16.1. The van der Waals surface area contributed by atoms with E-state index in [9.17, 15) is 4.79 Å². The Balaban J connectivity index is 1.83. The van der Waals surface area contributed by atoms with Crippen LogP contribution in [0.3, 0.4) is 0 Å². The van der Waals surface area contributed by atoms with Crippen LogP contribution >= 0.6 is 11.6 Å². The first kappa shape index (κ1) is 18.4. The number of hydrogen-bond donors (Lipinski definition) is 1. The molecule has 0 bridgehead atoms. The molecule has 3 rings (SSSR count). The number of carbonyl (C=O) groups excluding carboxylic acids is 1. The number of para-hydroxylation sites is 1. The first-order valence-electron chi connectivity index (χ1n) is 8.60. The number of carbonyl (C=O) groups is 1. The van der Waals surface area contributed by atoms with Gasteiger partial charge < -0.3 is 10.2 Å². The van der Waals surface area contributed by atoms with Gasteiger partial charge >= 0.3 is 0 Å². The van der Waals surface area contributed by atoms with Crippen LogP contribution in [0.25, 0.3) is 10.9 Å². The first-order chi connectivity index (χ1) is 12.6. The molecule has 6 heteroatoms. The highest BCUT2D eigenvalue weighted by Crippen LogP contribution is 2.24. The second kappa shape index (κ2) is 8.34. The maximum absolute atomic E-state index is 12.2. The summed E-state index contributed by atoms with van der Waals surface area (Å²) in [5.74, 6) is 1.09. The molecule has 0 atom stereocenters. The number of amides is 1. The molecule has 1 N–H and O–H groups in total. The van der Waals surface area contributed by atoms with Crippen molar-refractivity contribution in [3.8, 4) is 0 Å². The van der Waals surface area contributed by atoms with E-state index < -0.39 is 0 Å². The average Bonchev–Trinajstić information content (AvgIpc) is 2.98. The molecule has 1 amide bonds. The Hall–Kier alpha value is -2.37. The summed E-state index contributed by atoms with van der Waals surface area (Å²) in [7, 11) is 3.90. The Bertz CT molecular complexity index is 886. The highest BCUT2D eigenvalue weighted by atomic mass is 35.5. The number of nitrogens with zero attached hydrogens (tertiary/aromatic N) is 3. The van der Waals surface area contributed by atoms with Crippen LogP contribution in [0.15, 0.2) is 48.5 Å². The van der Waals surface area contributed by atoms with E-state index in [2.05, 4.69) is 22.5 Å². The van der Waals surface area contributed by atoms with E-state index in [0.29, 0.717) is 31.2 Å². The lowest BCUT2D eigenvalue weighted by atomic mass is 10.1. The highest BCUT2D eigenvalue weighted by Gasteiger charge is 2.13. The fourth-order valence-electron chi connectivity index (χ4n) is 2.77. The van der Waals surface area contributed by atoms with Gasteiger partial charge in [-0.3, -0.25) is 9.48 Å². The van der Waals surface area contributed by atoms with Gasteiger partial charge in [-0.2, -0.15) is 5.10 Å². The molecule has 0 fully saturated rings. The van der Waals surface area contributed by atoms with Crippen LogP contribution in [0.1, 0.15) is 17.5 Å². The highest BCUT2D eigenvalue weighted by molar-refractivity contribution is 6.17. The molecule has 1 heterocycles.